The van der Waals surface area contributed by atoms with E-state index in [1.165, 1.54) is 0 Å². The molecule has 0 aliphatic heterocycles. The van der Waals surface area contributed by atoms with Gasteiger partial charge < -0.3 is 15.4 Å². The quantitative estimate of drug-likeness (QED) is 0.444. The van der Waals surface area contributed by atoms with Crippen molar-refractivity contribution < 1.29 is 9.90 Å². The molecule has 0 atom stereocenters. The Hall–Kier alpha value is -3.86. The van der Waals surface area contributed by atoms with Crippen molar-refractivity contribution in [3.8, 4) is 0 Å². The lowest BCUT2D eigenvalue weighted by atomic mass is 10.0. The van der Waals surface area contributed by atoms with Gasteiger partial charge in [0.15, 0.2) is 0 Å². The van der Waals surface area contributed by atoms with E-state index in [4.69, 9.17) is 0 Å². The minimum atomic E-state index is -0.975. The molecule has 5 nitrogen and oxygen atoms in total. The number of para-hydroxylation sites is 1. The highest BCUT2D eigenvalue weighted by atomic mass is 16.4. The number of anilines is 2. The first kappa shape index (κ1) is 16.6. The molecule has 27 heavy (non-hydrogen) atoms. The standard InChI is InChI=1S/C22H17N3O2/c26-22(27)18(15-7-3-1-4-8-15)13-16-14-24-21-20(16)19(11-12-23-21)25-17-9-5-2-6-10-17/h1-14H,(H,26,27)(H2,23,24,25)/b18-13+. The number of hydrogen-bond acceptors (Lipinski definition) is 3. The summed E-state index contributed by atoms with van der Waals surface area (Å²) in [6.07, 6.45) is 5.17. The highest BCUT2D eigenvalue weighted by Crippen LogP contribution is 2.30. The van der Waals surface area contributed by atoms with Gasteiger partial charge in [0.2, 0.25) is 0 Å². The molecule has 0 amide bonds. The molecule has 0 aliphatic carbocycles. The van der Waals surface area contributed by atoms with Gasteiger partial charge in [0, 0.05) is 29.0 Å². The molecule has 2 aromatic carbocycles. The number of nitrogens with one attached hydrogen (secondary N) is 2. The summed E-state index contributed by atoms with van der Waals surface area (Å²) in [5.74, 6) is -0.975. The van der Waals surface area contributed by atoms with Crippen LogP contribution in [0.25, 0.3) is 22.7 Å². The maximum absolute atomic E-state index is 11.8. The number of carboxylic acid groups (broad SMARTS) is 1. The molecule has 0 fully saturated rings. The highest BCUT2D eigenvalue weighted by molar-refractivity contribution is 6.22. The summed E-state index contributed by atoms with van der Waals surface area (Å²) in [6, 6.07) is 20.8. The van der Waals surface area contributed by atoms with Crippen LogP contribution in [0.15, 0.2) is 79.1 Å². The third-order valence-corrected chi connectivity index (χ3v) is 4.27. The van der Waals surface area contributed by atoms with E-state index in [-0.39, 0.29) is 5.57 Å². The van der Waals surface area contributed by atoms with E-state index in [1.807, 2.05) is 54.6 Å². The molecule has 0 spiro atoms. The van der Waals surface area contributed by atoms with Crippen LogP contribution in [0.4, 0.5) is 11.4 Å². The highest BCUT2D eigenvalue weighted by Gasteiger charge is 2.14. The van der Waals surface area contributed by atoms with Gasteiger partial charge in [-0.2, -0.15) is 0 Å². The van der Waals surface area contributed by atoms with Crippen molar-refractivity contribution >= 4 is 40.0 Å². The summed E-state index contributed by atoms with van der Waals surface area (Å²) in [7, 11) is 0. The molecule has 5 heteroatoms. The topological polar surface area (TPSA) is 78.0 Å². The van der Waals surface area contributed by atoms with E-state index in [0.29, 0.717) is 11.2 Å². The number of carbonyl (C=O) groups is 1. The van der Waals surface area contributed by atoms with Crippen molar-refractivity contribution in [1.82, 2.24) is 9.97 Å². The fourth-order valence-electron chi connectivity index (χ4n) is 3.02. The van der Waals surface area contributed by atoms with E-state index in [1.54, 1.807) is 30.6 Å². The molecule has 2 aromatic heterocycles. The van der Waals surface area contributed by atoms with Gasteiger partial charge in [-0.3, -0.25) is 0 Å². The van der Waals surface area contributed by atoms with Gasteiger partial charge in [-0.1, -0.05) is 48.5 Å². The Morgan fingerprint density at radius 2 is 1.70 bits per heavy atom. The second-order valence-corrected chi connectivity index (χ2v) is 6.05. The third kappa shape index (κ3) is 3.43. The van der Waals surface area contributed by atoms with Gasteiger partial charge in [0.1, 0.15) is 5.65 Å². The number of aromatic amines is 1. The van der Waals surface area contributed by atoms with Gasteiger partial charge >= 0.3 is 5.97 Å². The van der Waals surface area contributed by atoms with Crippen LogP contribution in [0.5, 0.6) is 0 Å². The zero-order valence-corrected chi connectivity index (χ0v) is 14.4. The SMILES string of the molecule is O=C(O)/C(=C/c1c[nH]c2nccc(Nc3ccccc3)c12)c1ccccc1. The molecule has 4 aromatic rings. The molecule has 0 unspecified atom stereocenters. The van der Waals surface area contributed by atoms with Crippen molar-refractivity contribution in [3.05, 3.63) is 90.3 Å². The molecule has 2 heterocycles. The van der Waals surface area contributed by atoms with Crippen molar-refractivity contribution in [2.45, 2.75) is 0 Å². The molecule has 132 valence electrons. The van der Waals surface area contributed by atoms with Gasteiger partial charge in [-0.25, -0.2) is 9.78 Å². The molecule has 3 N–H and O–H groups in total. The molecule has 0 saturated heterocycles. The first-order valence-electron chi connectivity index (χ1n) is 8.51. The van der Waals surface area contributed by atoms with E-state index >= 15 is 0 Å². The van der Waals surface area contributed by atoms with Crippen molar-refractivity contribution in [1.29, 1.82) is 0 Å². The Morgan fingerprint density at radius 1 is 1.00 bits per heavy atom. The average molecular weight is 355 g/mol. The lowest BCUT2D eigenvalue weighted by molar-refractivity contribution is -0.130. The monoisotopic (exact) mass is 355 g/mol. The fourth-order valence-corrected chi connectivity index (χ4v) is 3.02. The summed E-state index contributed by atoms with van der Waals surface area (Å²) in [6.45, 7) is 0. The molecule has 0 aliphatic rings. The molecular weight excluding hydrogens is 338 g/mol. The van der Waals surface area contributed by atoms with Crippen LogP contribution < -0.4 is 5.32 Å². The second kappa shape index (κ2) is 7.17. The van der Waals surface area contributed by atoms with Crippen LogP contribution >= 0.6 is 0 Å². The predicted octanol–water partition coefficient (Wildman–Crippen LogP) is 4.93. The smallest absolute Gasteiger partial charge is 0.336 e. The summed E-state index contributed by atoms with van der Waals surface area (Å²) in [5.41, 5.74) is 4.14. The van der Waals surface area contributed by atoms with Crippen LogP contribution in [-0.4, -0.2) is 21.0 Å². The number of hydrogen-bond donors (Lipinski definition) is 3. The average Bonchev–Trinajstić information content (AvgIpc) is 3.11. The minimum absolute atomic E-state index is 0.228. The number of pyridine rings is 1. The lowest BCUT2D eigenvalue weighted by Crippen LogP contribution is -1.99. The Bertz CT molecular complexity index is 1120. The third-order valence-electron chi connectivity index (χ3n) is 4.27. The Balaban J connectivity index is 1.83. The maximum Gasteiger partial charge on any atom is 0.336 e. The minimum Gasteiger partial charge on any atom is -0.478 e. The van der Waals surface area contributed by atoms with Gasteiger partial charge in [-0.05, 0) is 29.8 Å². The van der Waals surface area contributed by atoms with Crippen LogP contribution in [0.2, 0.25) is 0 Å². The zero-order valence-electron chi connectivity index (χ0n) is 14.4. The maximum atomic E-state index is 11.8. The number of benzene rings is 2. The van der Waals surface area contributed by atoms with Crippen molar-refractivity contribution in [3.63, 3.8) is 0 Å². The van der Waals surface area contributed by atoms with E-state index in [9.17, 15) is 9.90 Å². The summed E-state index contributed by atoms with van der Waals surface area (Å²) in [4.78, 5) is 19.3. The molecule has 0 radical (unpaired) electrons. The number of H-pyrrole nitrogens is 1. The second-order valence-electron chi connectivity index (χ2n) is 6.05. The molecular formula is C22H17N3O2. The van der Waals surface area contributed by atoms with Crippen LogP contribution in [0.1, 0.15) is 11.1 Å². The van der Waals surface area contributed by atoms with Crippen LogP contribution in [-0.2, 0) is 4.79 Å². The van der Waals surface area contributed by atoms with Crippen molar-refractivity contribution in [2.75, 3.05) is 5.32 Å². The van der Waals surface area contributed by atoms with Gasteiger partial charge in [-0.15, -0.1) is 0 Å². The first-order valence-corrected chi connectivity index (χ1v) is 8.51. The Kier molecular flexibility index (Phi) is 4.41. The lowest BCUT2D eigenvalue weighted by Gasteiger charge is -2.09. The van der Waals surface area contributed by atoms with Gasteiger partial charge in [0.25, 0.3) is 0 Å². The van der Waals surface area contributed by atoms with Gasteiger partial charge in [0.05, 0.1) is 11.3 Å². The normalized spacial score (nSPS) is 11.5. The first-order chi connectivity index (χ1) is 13.2. The number of rotatable bonds is 5. The number of nitrogens with zero attached hydrogens (tertiary/aromatic N) is 1. The summed E-state index contributed by atoms with van der Waals surface area (Å²) in [5, 5.41) is 13.9. The van der Waals surface area contributed by atoms with E-state index < -0.39 is 5.97 Å². The fraction of sp³-hybridized carbons (Fsp3) is 0. The van der Waals surface area contributed by atoms with Crippen molar-refractivity contribution in [2.24, 2.45) is 0 Å². The Labute approximate surface area is 156 Å². The Morgan fingerprint density at radius 3 is 2.41 bits per heavy atom. The number of aromatic nitrogens is 2. The summed E-state index contributed by atoms with van der Waals surface area (Å²) >= 11 is 0. The van der Waals surface area contributed by atoms with E-state index in [0.717, 1.165) is 22.3 Å². The molecule has 0 bridgehead atoms. The molecule has 0 saturated carbocycles. The number of fused-ring (bicyclic) bond motifs is 1. The predicted molar refractivity (Wildman–Crippen MR) is 108 cm³/mol. The van der Waals surface area contributed by atoms with E-state index in [2.05, 4.69) is 15.3 Å². The summed E-state index contributed by atoms with van der Waals surface area (Å²) < 4.78 is 0. The largest absolute Gasteiger partial charge is 0.478 e. The van der Waals surface area contributed by atoms with Crippen LogP contribution in [0, 0.1) is 0 Å². The number of aliphatic carboxylic acids is 1. The number of carboxylic acids is 1. The molecule has 4 rings (SSSR count). The zero-order chi connectivity index (χ0) is 18.6. The van der Waals surface area contributed by atoms with Crippen LogP contribution in [0.3, 0.4) is 0 Å².